The van der Waals surface area contributed by atoms with E-state index in [9.17, 15) is 4.79 Å². The predicted octanol–water partition coefficient (Wildman–Crippen LogP) is 0.964. The van der Waals surface area contributed by atoms with Crippen molar-refractivity contribution in [3.8, 4) is 11.5 Å². The van der Waals surface area contributed by atoms with Crippen LogP contribution in [0.5, 0.6) is 0 Å². The number of nitrogens with zero attached hydrogens (tertiary/aromatic N) is 2. The van der Waals surface area contributed by atoms with Crippen molar-refractivity contribution in [2.75, 3.05) is 6.54 Å². The van der Waals surface area contributed by atoms with Crippen LogP contribution in [0, 0.1) is 0 Å². The third-order valence-electron chi connectivity index (χ3n) is 3.91. The van der Waals surface area contributed by atoms with Gasteiger partial charge >= 0.3 is 0 Å². The van der Waals surface area contributed by atoms with Gasteiger partial charge in [-0.3, -0.25) is 9.89 Å². The lowest BCUT2D eigenvalue weighted by molar-refractivity contribution is 0.0951. The average molecular weight is 257 g/mol. The van der Waals surface area contributed by atoms with E-state index >= 15 is 0 Å². The third-order valence-corrected chi connectivity index (χ3v) is 3.91. The first kappa shape index (κ1) is 10.8. The molecule has 2 aromatic rings. The molecule has 3 N–H and O–H groups in total. The van der Waals surface area contributed by atoms with Gasteiger partial charge in [0.1, 0.15) is 11.4 Å². The Morgan fingerprint density at radius 2 is 1.89 bits per heavy atom. The number of carbonyl (C=O) groups excluding carboxylic acids is 1. The first-order chi connectivity index (χ1) is 9.33. The number of hydrogen-bond donors (Lipinski definition) is 3. The molecule has 0 bridgehead atoms. The highest BCUT2D eigenvalue weighted by Gasteiger charge is 2.25. The molecule has 0 saturated carbocycles. The van der Waals surface area contributed by atoms with Gasteiger partial charge in [0.05, 0.1) is 0 Å². The summed E-state index contributed by atoms with van der Waals surface area (Å²) in [5, 5.41) is 10.3. The number of rotatable bonds is 1. The first-order valence-electron chi connectivity index (χ1n) is 6.76. The molecule has 0 saturated heterocycles. The molecule has 19 heavy (non-hydrogen) atoms. The Balaban J connectivity index is 1.80. The molecule has 2 aromatic heterocycles. The number of nitrogens with one attached hydrogen (secondary N) is 3. The van der Waals surface area contributed by atoms with Gasteiger partial charge < -0.3 is 10.3 Å². The lowest BCUT2D eigenvalue weighted by Gasteiger charge is -1.97. The van der Waals surface area contributed by atoms with Crippen LogP contribution in [0.25, 0.3) is 11.5 Å². The summed E-state index contributed by atoms with van der Waals surface area (Å²) < 4.78 is 0. The summed E-state index contributed by atoms with van der Waals surface area (Å²) in [6, 6.07) is 0. The molecule has 3 heterocycles. The van der Waals surface area contributed by atoms with E-state index in [2.05, 4.69) is 25.5 Å². The van der Waals surface area contributed by atoms with E-state index < -0.39 is 0 Å². The second-order valence-electron chi connectivity index (χ2n) is 5.15. The van der Waals surface area contributed by atoms with Gasteiger partial charge in [-0.1, -0.05) is 0 Å². The van der Waals surface area contributed by atoms with Crippen LogP contribution in [0.2, 0.25) is 0 Å². The fourth-order valence-corrected chi connectivity index (χ4v) is 2.96. The minimum Gasteiger partial charge on any atom is -0.351 e. The Morgan fingerprint density at radius 1 is 1.00 bits per heavy atom. The maximum atomic E-state index is 11.9. The highest BCUT2D eigenvalue weighted by Crippen LogP contribution is 2.29. The van der Waals surface area contributed by atoms with Gasteiger partial charge in [-0.05, 0) is 32.1 Å². The molecule has 2 aliphatic rings. The van der Waals surface area contributed by atoms with E-state index in [0.717, 1.165) is 55.9 Å². The molecule has 0 spiro atoms. The van der Waals surface area contributed by atoms with Crippen molar-refractivity contribution in [3.05, 3.63) is 22.6 Å². The second kappa shape index (κ2) is 3.94. The summed E-state index contributed by atoms with van der Waals surface area (Å²) >= 11 is 0. The van der Waals surface area contributed by atoms with Crippen molar-refractivity contribution in [3.63, 3.8) is 0 Å². The number of fused-ring (bicyclic) bond motifs is 2. The molecule has 1 aliphatic heterocycles. The largest absolute Gasteiger partial charge is 0.351 e. The molecule has 0 fully saturated rings. The number of hydrogen-bond acceptors (Lipinski definition) is 3. The van der Waals surface area contributed by atoms with Crippen molar-refractivity contribution in [2.24, 2.45) is 0 Å². The molecular formula is C13H15N5O. The molecule has 0 atom stereocenters. The third kappa shape index (κ3) is 1.59. The van der Waals surface area contributed by atoms with Crippen LogP contribution in [-0.4, -0.2) is 32.6 Å². The van der Waals surface area contributed by atoms with E-state index in [1.165, 1.54) is 11.3 Å². The zero-order chi connectivity index (χ0) is 12.8. The lowest BCUT2D eigenvalue weighted by atomic mass is 10.2. The first-order valence-corrected chi connectivity index (χ1v) is 6.76. The lowest BCUT2D eigenvalue weighted by Crippen LogP contribution is -2.23. The van der Waals surface area contributed by atoms with Crippen molar-refractivity contribution in [2.45, 2.75) is 32.1 Å². The molecule has 0 unspecified atom stereocenters. The number of imidazole rings is 1. The van der Waals surface area contributed by atoms with Crippen molar-refractivity contribution >= 4 is 5.91 Å². The number of aromatic amines is 2. The summed E-state index contributed by atoms with van der Waals surface area (Å²) in [7, 11) is 0. The maximum Gasteiger partial charge on any atom is 0.271 e. The smallest absolute Gasteiger partial charge is 0.271 e. The van der Waals surface area contributed by atoms with Crippen molar-refractivity contribution in [1.29, 1.82) is 0 Å². The van der Waals surface area contributed by atoms with E-state index in [0.29, 0.717) is 5.69 Å². The number of carbonyl (C=O) groups is 1. The van der Waals surface area contributed by atoms with Crippen LogP contribution in [0.1, 0.15) is 40.3 Å². The number of H-pyrrole nitrogens is 2. The van der Waals surface area contributed by atoms with Crippen LogP contribution in [0.4, 0.5) is 0 Å². The van der Waals surface area contributed by atoms with E-state index in [1.54, 1.807) is 0 Å². The number of amides is 1. The van der Waals surface area contributed by atoms with Crippen LogP contribution < -0.4 is 5.32 Å². The number of aryl methyl sites for hydroxylation is 2. The topological polar surface area (TPSA) is 86.5 Å². The maximum absolute atomic E-state index is 11.9. The summed E-state index contributed by atoms with van der Waals surface area (Å²) in [5.74, 6) is 0.642. The Labute approximate surface area is 110 Å². The molecule has 6 nitrogen and oxygen atoms in total. The molecule has 1 aliphatic carbocycles. The van der Waals surface area contributed by atoms with Gasteiger partial charge in [-0.2, -0.15) is 5.10 Å². The van der Waals surface area contributed by atoms with Gasteiger partial charge in [0.15, 0.2) is 5.82 Å². The molecule has 4 rings (SSSR count). The monoisotopic (exact) mass is 257 g/mol. The van der Waals surface area contributed by atoms with Gasteiger partial charge in [0.2, 0.25) is 0 Å². The van der Waals surface area contributed by atoms with Gasteiger partial charge in [-0.25, -0.2) is 4.98 Å². The summed E-state index contributed by atoms with van der Waals surface area (Å²) in [6.07, 6.45) is 5.06. The van der Waals surface area contributed by atoms with Crippen molar-refractivity contribution < 1.29 is 4.79 Å². The van der Waals surface area contributed by atoms with Crippen LogP contribution in [-0.2, 0) is 19.3 Å². The molecule has 6 heteroatoms. The van der Waals surface area contributed by atoms with Crippen LogP contribution >= 0.6 is 0 Å². The zero-order valence-corrected chi connectivity index (χ0v) is 10.5. The van der Waals surface area contributed by atoms with Crippen molar-refractivity contribution in [1.82, 2.24) is 25.5 Å². The number of aromatic nitrogens is 4. The molecule has 0 aromatic carbocycles. The minimum atomic E-state index is -0.0813. The van der Waals surface area contributed by atoms with Gasteiger partial charge in [0.25, 0.3) is 5.91 Å². The second-order valence-corrected chi connectivity index (χ2v) is 5.15. The molecule has 0 radical (unpaired) electrons. The molecular weight excluding hydrogens is 242 g/mol. The Hall–Kier alpha value is -2.11. The molecule has 98 valence electrons. The normalized spacial score (nSPS) is 17.8. The summed E-state index contributed by atoms with van der Waals surface area (Å²) in [5.41, 5.74) is 4.81. The average Bonchev–Trinajstić information content (AvgIpc) is 3.06. The highest BCUT2D eigenvalue weighted by molar-refractivity contribution is 5.94. The summed E-state index contributed by atoms with van der Waals surface area (Å²) in [4.78, 5) is 19.6. The fraction of sp³-hybridized carbons (Fsp3) is 0.462. The van der Waals surface area contributed by atoms with Crippen LogP contribution in [0.15, 0.2) is 0 Å². The fourth-order valence-electron chi connectivity index (χ4n) is 2.96. The predicted molar refractivity (Wildman–Crippen MR) is 68.8 cm³/mol. The van der Waals surface area contributed by atoms with Gasteiger partial charge in [-0.15, -0.1) is 0 Å². The quantitative estimate of drug-likeness (QED) is 0.711. The SMILES string of the molecule is O=C1NCCCc2[nH]c(-c3n[nH]c4c3CCC4)nc21. The standard InChI is InChI=1S/C13H15N5O/c19-13-11-9(5-2-6-14-13)15-12(16-11)10-7-3-1-4-8(7)17-18-10/h1-6H2,(H,14,19)(H,15,16)(H,17,18). The highest BCUT2D eigenvalue weighted by atomic mass is 16.1. The van der Waals surface area contributed by atoms with Crippen LogP contribution in [0.3, 0.4) is 0 Å². The Morgan fingerprint density at radius 3 is 2.84 bits per heavy atom. The Kier molecular flexibility index (Phi) is 2.24. The zero-order valence-electron chi connectivity index (χ0n) is 10.5. The Bertz CT molecular complexity index is 654. The summed E-state index contributed by atoms with van der Waals surface area (Å²) in [6.45, 7) is 0.718. The van der Waals surface area contributed by atoms with E-state index in [-0.39, 0.29) is 5.91 Å². The molecule has 1 amide bonds. The minimum absolute atomic E-state index is 0.0813. The van der Waals surface area contributed by atoms with E-state index in [4.69, 9.17) is 0 Å². The van der Waals surface area contributed by atoms with E-state index in [1.807, 2.05) is 0 Å². The van der Waals surface area contributed by atoms with Gasteiger partial charge in [0, 0.05) is 23.5 Å².